The van der Waals surface area contributed by atoms with Crippen molar-refractivity contribution in [2.75, 3.05) is 31.0 Å². The average Bonchev–Trinajstić information content (AvgIpc) is 2.68. The Kier molecular flexibility index (Phi) is 6.92. The number of esters is 1. The van der Waals surface area contributed by atoms with E-state index in [9.17, 15) is 34.8 Å². The van der Waals surface area contributed by atoms with E-state index in [1.54, 1.807) is 4.72 Å². The maximum Gasteiger partial charge on any atom is 0.339 e. The van der Waals surface area contributed by atoms with Crippen molar-refractivity contribution in [1.29, 1.82) is 0 Å². The summed E-state index contributed by atoms with van der Waals surface area (Å²) in [6.45, 7) is 0.340. The molecule has 2 amide bonds. The van der Waals surface area contributed by atoms with E-state index in [4.69, 9.17) is 9.47 Å². The maximum absolute atomic E-state index is 12.7. The van der Waals surface area contributed by atoms with Gasteiger partial charge in [0.2, 0.25) is 5.95 Å². The van der Waals surface area contributed by atoms with Gasteiger partial charge in [-0.3, -0.25) is 5.32 Å². The van der Waals surface area contributed by atoms with Gasteiger partial charge in [0.05, 0.1) is 18.8 Å². The summed E-state index contributed by atoms with van der Waals surface area (Å²) in [5.74, 6) is -1.73. The van der Waals surface area contributed by atoms with E-state index in [0.29, 0.717) is 6.07 Å². The van der Waals surface area contributed by atoms with Crippen LogP contribution in [0.2, 0.25) is 0 Å². The van der Waals surface area contributed by atoms with E-state index in [-0.39, 0.29) is 18.8 Å². The van der Waals surface area contributed by atoms with Crippen LogP contribution < -0.4 is 10.0 Å². The van der Waals surface area contributed by atoms with Gasteiger partial charge in [-0.15, -0.1) is 0 Å². The Labute approximate surface area is 194 Å². The summed E-state index contributed by atoms with van der Waals surface area (Å²) in [5, 5.41) is 0.451. The first-order valence-electron chi connectivity index (χ1n) is 9.17. The average molecular weight is 535 g/mol. The molecule has 0 radical (unpaired) electrons. The van der Waals surface area contributed by atoms with E-state index in [1.165, 1.54) is 18.2 Å². The second kappa shape index (κ2) is 9.24. The fourth-order valence-corrected chi connectivity index (χ4v) is 4.84. The minimum Gasteiger partial charge on any atom is -0.454 e. The molecule has 0 aliphatic carbocycles. The molecule has 184 valence electrons. The zero-order chi connectivity index (χ0) is 25.3. The number of carbonyl (C=O) groups is 2. The largest absolute Gasteiger partial charge is 0.454 e. The second-order valence-corrected chi connectivity index (χ2v) is 12.6. The smallest absolute Gasteiger partial charge is 0.339 e. The highest BCUT2D eigenvalue weighted by atomic mass is 32.2. The molecule has 0 unspecified atom stereocenters. The molecule has 1 aromatic carbocycles. The molecule has 2 heterocycles. The van der Waals surface area contributed by atoms with Crippen LogP contribution in [0.3, 0.4) is 0 Å². The number of rotatable bonds is 7. The van der Waals surface area contributed by atoms with Crippen molar-refractivity contribution in [3.05, 3.63) is 35.9 Å². The number of carbonyl (C=O) groups excluding carboxylic acids is 2. The van der Waals surface area contributed by atoms with Gasteiger partial charge in [0.1, 0.15) is 11.0 Å². The Bertz CT molecular complexity index is 1420. The number of hydrogen-bond acceptors (Lipinski definition) is 12. The number of urea groups is 1. The Morgan fingerprint density at radius 1 is 0.971 bits per heavy atom. The van der Waals surface area contributed by atoms with Gasteiger partial charge in [0.15, 0.2) is 29.7 Å². The molecule has 14 nitrogen and oxygen atoms in total. The number of ether oxygens (including phenoxy) is 2. The Hall–Kier alpha value is -3.15. The van der Waals surface area contributed by atoms with E-state index >= 15 is 0 Å². The fourth-order valence-electron chi connectivity index (χ4n) is 2.51. The lowest BCUT2D eigenvalue weighted by Gasteiger charge is -2.25. The van der Waals surface area contributed by atoms with Gasteiger partial charge in [-0.1, -0.05) is 12.1 Å². The zero-order valence-electron chi connectivity index (χ0n) is 17.6. The molecule has 1 saturated heterocycles. The summed E-state index contributed by atoms with van der Waals surface area (Å²) in [4.78, 5) is 31.2. The van der Waals surface area contributed by atoms with Gasteiger partial charge in [0, 0.05) is 18.6 Å². The predicted octanol–water partition coefficient (Wildman–Crippen LogP) is -0.650. The van der Waals surface area contributed by atoms with E-state index < -0.39 is 68.7 Å². The lowest BCUT2D eigenvalue weighted by molar-refractivity contribution is -0.103. The molecule has 1 fully saturated rings. The van der Waals surface area contributed by atoms with Crippen LogP contribution in [0.25, 0.3) is 0 Å². The normalized spacial score (nSPS) is 14.6. The third kappa shape index (κ3) is 6.04. The summed E-state index contributed by atoms with van der Waals surface area (Å²) in [7, 11) is -12.7. The Morgan fingerprint density at radius 3 is 2.03 bits per heavy atom. The van der Waals surface area contributed by atoms with Crippen molar-refractivity contribution in [2.24, 2.45) is 0 Å². The molecule has 1 aliphatic rings. The lowest BCUT2D eigenvalue weighted by Crippen LogP contribution is -2.39. The van der Waals surface area contributed by atoms with Crippen molar-refractivity contribution < 1.29 is 44.3 Å². The van der Waals surface area contributed by atoms with E-state index in [1.807, 2.05) is 5.32 Å². The minimum absolute atomic E-state index is 0.170. The first kappa shape index (κ1) is 25.5. The highest BCUT2D eigenvalue weighted by Crippen LogP contribution is 2.19. The zero-order valence-corrected chi connectivity index (χ0v) is 20.0. The molecule has 2 N–H and O–H groups in total. The maximum atomic E-state index is 12.7. The van der Waals surface area contributed by atoms with Gasteiger partial charge in [-0.25, -0.2) is 49.5 Å². The topological polar surface area (TPSA) is 205 Å². The number of anilines is 1. The third-order valence-corrected chi connectivity index (χ3v) is 7.50. The monoisotopic (exact) mass is 534 g/mol. The van der Waals surface area contributed by atoms with Crippen LogP contribution in [0.4, 0.5) is 10.7 Å². The van der Waals surface area contributed by atoms with Crippen LogP contribution in [0.5, 0.6) is 0 Å². The molecule has 1 aliphatic heterocycles. The van der Waals surface area contributed by atoms with Crippen LogP contribution in [0.1, 0.15) is 10.4 Å². The quantitative estimate of drug-likeness (QED) is 0.336. The molecule has 2 aromatic rings. The summed E-state index contributed by atoms with van der Waals surface area (Å²) >= 11 is 0. The molecule has 1 aromatic heterocycles. The highest BCUT2D eigenvalue weighted by Gasteiger charge is 2.29. The molecule has 34 heavy (non-hydrogen) atoms. The molecule has 0 atom stereocenters. The van der Waals surface area contributed by atoms with Crippen LogP contribution in [-0.4, -0.2) is 79.1 Å². The Balaban J connectivity index is 1.86. The Morgan fingerprint density at radius 2 is 1.53 bits per heavy atom. The number of nitrogens with zero attached hydrogens (tertiary/aromatic N) is 2. The molecular formula is C17H18N4O10S3. The van der Waals surface area contributed by atoms with Crippen LogP contribution in [0.15, 0.2) is 45.3 Å². The number of nitrogens with one attached hydrogen (secondary N) is 2. The van der Waals surface area contributed by atoms with Gasteiger partial charge in [-0.05, 0) is 12.1 Å². The lowest BCUT2D eigenvalue weighted by atomic mass is 10.2. The third-order valence-electron chi connectivity index (χ3n) is 4.17. The summed E-state index contributed by atoms with van der Waals surface area (Å²) in [6, 6.07) is 4.20. The molecule has 0 spiro atoms. The minimum atomic E-state index is -4.64. The number of amides is 2. The summed E-state index contributed by atoms with van der Waals surface area (Å²) in [5.41, 5.74) is -0.343. The van der Waals surface area contributed by atoms with Crippen molar-refractivity contribution in [2.45, 2.75) is 21.1 Å². The van der Waals surface area contributed by atoms with Crippen LogP contribution in [0, 0.1) is 0 Å². The molecular weight excluding hydrogens is 516 g/mol. The van der Waals surface area contributed by atoms with Crippen molar-refractivity contribution in [1.82, 2.24) is 14.7 Å². The first-order chi connectivity index (χ1) is 15.7. The second-order valence-electron chi connectivity index (χ2n) is 7.03. The van der Waals surface area contributed by atoms with Crippen molar-refractivity contribution in [3.63, 3.8) is 0 Å². The van der Waals surface area contributed by atoms with Gasteiger partial charge < -0.3 is 9.47 Å². The van der Waals surface area contributed by atoms with E-state index in [2.05, 4.69) is 9.97 Å². The first-order valence-corrected chi connectivity index (χ1v) is 14.4. The number of benzene rings is 1. The number of hydrogen-bond donors (Lipinski definition) is 2. The molecule has 0 bridgehead atoms. The number of sulfonamides is 1. The van der Waals surface area contributed by atoms with Gasteiger partial charge in [-0.2, -0.15) is 0 Å². The van der Waals surface area contributed by atoms with Gasteiger partial charge in [0.25, 0.3) is 10.0 Å². The predicted molar refractivity (Wildman–Crippen MR) is 114 cm³/mol. The highest BCUT2D eigenvalue weighted by molar-refractivity contribution is 7.91. The number of sulfone groups is 2. The van der Waals surface area contributed by atoms with Crippen molar-refractivity contribution >= 4 is 47.6 Å². The van der Waals surface area contributed by atoms with E-state index in [0.717, 1.165) is 18.6 Å². The fraction of sp³-hybridized carbons (Fsp3) is 0.294. The summed E-state index contributed by atoms with van der Waals surface area (Å²) in [6.07, 6.45) is 0.978. The summed E-state index contributed by atoms with van der Waals surface area (Å²) < 4.78 is 84.3. The van der Waals surface area contributed by atoms with Crippen LogP contribution >= 0.6 is 0 Å². The molecule has 3 rings (SSSR count). The van der Waals surface area contributed by atoms with Crippen molar-refractivity contribution in [3.8, 4) is 0 Å². The van der Waals surface area contributed by atoms with Gasteiger partial charge >= 0.3 is 12.0 Å². The molecule has 17 heteroatoms. The SMILES string of the molecule is CS(=O)(=O)c1cc(S(C)(=O)=O)nc(NC(=O)NS(=O)(=O)c2ccccc2C(=O)OC2COC2)n1. The standard InChI is InChI=1S/C17H18N4O10S3/c1-32(24,25)13-7-14(33(2,26)27)19-16(18-13)20-17(23)21-34(28,29)12-6-4-3-5-11(12)15(22)31-10-8-30-9-10/h3-7,10H,8-9H2,1-2H3,(H2,18,19,20,21,23). The molecule has 0 saturated carbocycles. The van der Waals surface area contributed by atoms with Crippen LogP contribution in [-0.2, 0) is 39.2 Å². The number of aromatic nitrogens is 2.